The lowest BCUT2D eigenvalue weighted by atomic mass is 9.96. The molecule has 2 aliphatic rings. The first kappa shape index (κ1) is 10.7. The zero-order chi connectivity index (χ0) is 11.3. The second-order valence-corrected chi connectivity index (χ2v) is 5.89. The number of hydrogen-bond donors (Lipinski definition) is 1. The monoisotopic (exact) mass is 282 g/mol. The molecule has 0 spiro atoms. The van der Waals surface area contributed by atoms with Crippen LogP contribution in [0.1, 0.15) is 50.0 Å². The maximum absolute atomic E-state index is 9.88. The van der Waals surface area contributed by atoms with Crippen molar-refractivity contribution >= 4 is 15.9 Å². The molecule has 0 bridgehead atoms. The second kappa shape index (κ2) is 3.50. The van der Waals surface area contributed by atoms with E-state index < -0.39 is 0 Å². The van der Waals surface area contributed by atoms with Crippen molar-refractivity contribution in [2.24, 2.45) is 0 Å². The third-order valence-corrected chi connectivity index (χ3v) is 4.35. The molecular formula is C12H15BrN2O. The molecule has 1 N–H and O–H groups in total. The highest BCUT2D eigenvalue weighted by atomic mass is 79.9. The molecular weight excluding hydrogens is 268 g/mol. The minimum absolute atomic E-state index is 0.106. The molecule has 1 aromatic heterocycles. The lowest BCUT2D eigenvalue weighted by molar-refractivity contribution is 0.148. The van der Waals surface area contributed by atoms with Crippen molar-refractivity contribution in [3.63, 3.8) is 0 Å². The zero-order valence-corrected chi connectivity index (χ0v) is 10.9. The number of aromatic nitrogens is 2. The molecule has 4 heteroatoms. The Kier molecular flexibility index (Phi) is 2.33. The Labute approximate surface area is 103 Å². The zero-order valence-electron chi connectivity index (χ0n) is 9.28. The number of rotatable bonds is 3. The maximum atomic E-state index is 9.88. The van der Waals surface area contributed by atoms with Gasteiger partial charge in [-0.3, -0.25) is 0 Å². The molecule has 2 fully saturated rings. The van der Waals surface area contributed by atoms with E-state index in [0.717, 1.165) is 28.8 Å². The average molecular weight is 283 g/mol. The maximum Gasteiger partial charge on any atom is 0.131 e. The SMILES string of the molecule is CC(O)C1(c2nc(C3CC3)ncc2Br)CC1. The van der Waals surface area contributed by atoms with Crippen molar-refractivity contribution < 1.29 is 5.11 Å². The van der Waals surface area contributed by atoms with Gasteiger partial charge in [0.15, 0.2) is 0 Å². The largest absolute Gasteiger partial charge is 0.392 e. The Bertz CT molecular complexity index is 425. The Hall–Kier alpha value is -0.480. The van der Waals surface area contributed by atoms with E-state index in [4.69, 9.17) is 0 Å². The normalized spacial score (nSPS) is 24.2. The molecule has 1 unspecified atom stereocenters. The van der Waals surface area contributed by atoms with Crippen LogP contribution >= 0.6 is 15.9 Å². The fourth-order valence-corrected chi connectivity index (χ4v) is 2.84. The van der Waals surface area contributed by atoms with E-state index in [1.165, 1.54) is 12.8 Å². The Balaban J connectivity index is 2.02. The first-order valence-electron chi connectivity index (χ1n) is 5.84. The highest BCUT2D eigenvalue weighted by Crippen LogP contribution is 2.52. The molecule has 2 aliphatic carbocycles. The summed E-state index contributed by atoms with van der Waals surface area (Å²) in [6.07, 6.45) is 6.00. The number of nitrogens with zero attached hydrogens (tertiary/aromatic N) is 2. The van der Waals surface area contributed by atoms with Gasteiger partial charge in [0.05, 0.1) is 16.3 Å². The van der Waals surface area contributed by atoms with Gasteiger partial charge in [0.1, 0.15) is 5.82 Å². The van der Waals surface area contributed by atoms with Crippen molar-refractivity contribution in [2.45, 2.75) is 50.0 Å². The van der Waals surface area contributed by atoms with E-state index in [1.807, 2.05) is 13.1 Å². The van der Waals surface area contributed by atoms with E-state index in [2.05, 4.69) is 25.9 Å². The van der Waals surface area contributed by atoms with Crippen molar-refractivity contribution in [1.82, 2.24) is 9.97 Å². The fourth-order valence-electron chi connectivity index (χ4n) is 2.26. The van der Waals surface area contributed by atoms with Crippen LogP contribution in [0.2, 0.25) is 0 Å². The van der Waals surface area contributed by atoms with Gasteiger partial charge in [0, 0.05) is 17.5 Å². The minimum Gasteiger partial charge on any atom is -0.392 e. The van der Waals surface area contributed by atoms with Gasteiger partial charge >= 0.3 is 0 Å². The summed E-state index contributed by atoms with van der Waals surface area (Å²) in [4.78, 5) is 9.03. The van der Waals surface area contributed by atoms with E-state index in [9.17, 15) is 5.11 Å². The van der Waals surface area contributed by atoms with Crippen LogP contribution in [0.5, 0.6) is 0 Å². The number of aliphatic hydroxyl groups excluding tert-OH is 1. The van der Waals surface area contributed by atoms with Gasteiger partial charge in [0.2, 0.25) is 0 Å². The van der Waals surface area contributed by atoms with Crippen LogP contribution in [-0.2, 0) is 5.41 Å². The van der Waals surface area contributed by atoms with Crippen LogP contribution in [0.25, 0.3) is 0 Å². The first-order chi connectivity index (χ1) is 7.63. The van der Waals surface area contributed by atoms with Gasteiger partial charge in [-0.05, 0) is 48.5 Å². The molecule has 3 rings (SSSR count). The first-order valence-corrected chi connectivity index (χ1v) is 6.64. The summed E-state index contributed by atoms with van der Waals surface area (Å²) in [5.41, 5.74) is 0.908. The van der Waals surface area contributed by atoms with Crippen molar-refractivity contribution in [2.75, 3.05) is 0 Å². The average Bonchev–Trinajstić information content (AvgIpc) is 3.13. The van der Waals surface area contributed by atoms with E-state index >= 15 is 0 Å². The third-order valence-electron chi connectivity index (χ3n) is 3.77. The fraction of sp³-hybridized carbons (Fsp3) is 0.667. The number of aliphatic hydroxyl groups is 1. The van der Waals surface area contributed by atoms with E-state index in [-0.39, 0.29) is 11.5 Å². The van der Waals surface area contributed by atoms with Crippen LogP contribution in [0.4, 0.5) is 0 Å². The molecule has 2 saturated carbocycles. The van der Waals surface area contributed by atoms with E-state index in [0.29, 0.717) is 5.92 Å². The minimum atomic E-state index is -0.328. The molecule has 0 aliphatic heterocycles. The summed E-state index contributed by atoms with van der Waals surface area (Å²) < 4.78 is 0.940. The van der Waals surface area contributed by atoms with Crippen LogP contribution in [0, 0.1) is 0 Å². The van der Waals surface area contributed by atoms with Crippen molar-refractivity contribution in [1.29, 1.82) is 0 Å². The summed E-state index contributed by atoms with van der Waals surface area (Å²) in [6.45, 7) is 1.86. The van der Waals surface area contributed by atoms with Gasteiger partial charge in [0.25, 0.3) is 0 Å². The van der Waals surface area contributed by atoms with Crippen molar-refractivity contribution in [3.05, 3.63) is 22.2 Å². The van der Waals surface area contributed by atoms with Gasteiger partial charge in [-0.2, -0.15) is 0 Å². The van der Waals surface area contributed by atoms with Crippen LogP contribution in [0.3, 0.4) is 0 Å². The Morgan fingerprint density at radius 2 is 2.19 bits per heavy atom. The quantitative estimate of drug-likeness (QED) is 0.927. The van der Waals surface area contributed by atoms with Gasteiger partial charge < -0.3 is 5.11 Å². The standard InChI is InChI=1S/C12H15BrN2O/c1-7(16)12(4-5-12)10-9(13)6-14-11(15-10)8-2-3-8/h6-8,16H,2-5H2,1H3. The Morgan fingerprint density at radius 3 is 2.69 bits per heavy atom. The molecule has 16 heavy (non-hydrogen) atoms. The van der Waals surface area contributed by atoms with Crippen LogP contribution < -0.4 is 0 Å². The molecule has 0 amide bonds. The number of hydrogen-bond acceptors (Lipinski definition) is 3. The molecule has 1 aromatic rings. The summed E-state index contributed by atoms with van der Waals surface area (Å²) in [6, 6.07) is 0. The predicted octanol–water partition coefficient (Wildman–Crippen LogP) is 2.53. The predicted molar refractivity (Wildman–Crippen MR) is 64.3 cm³/mol. The number of halogens is 1. The molecule has 3 nitrogen and oxygen atoms in total. The van der Waals surface area contributed by atoms with Gasteiger partial charge in [-0.25, -0.2) is 9.97 Å². The highest BCUT2D eigenvalue weighted by Gasteiger charge is 2.51. The molecule has 0 radical (unpaired) electrons. The Morgan fingerprint density at radius 1 is 1.50 bits per heavy atom. The van der Waals surface area contributed by atoms with Crippen molar-refractivity contribution in [3.8, 4) is 0 Å². The van der Waals surface area contributed by atoms with Gasteiger partial charge in [-0.1, -0.05) is 0 Å². The van der Waals surface area contributed by atoms with Crippen LogP contribution in [0.15, 0.2) is 10.7 Å². The topological polar surface area (TPSA) is 46.0 Å². The summed E-state index contributed by atoms with van der Waals surface area (Å²) in [7, 11) is 0. The highest BCUT2D eigenvalue weighted by molar-refractivity contribution is 9.10. The third kappa shape index (κ3) is 1.59. The lowest BCUT2D eigenvalue weighted by Gasteiger charge is -2.19. The smallest absolute Gasteiger partial charge is 0.131 e. The molecule has 0 aromatic carbocycles. The molecule has 1 heterocycles. The lowest BCUT2D eigenvalue weighted by Crippen LogP contribution is -2.25. The summed E-state index contributed by atoms with van der Waals surface area (Å²) in [5, 5.41) is 9.88. The van der Waals surface area contributed by atoms with Gasteiger partial charge in [-0.15, -0.1) is 0 Å². The summed E-state index contributed by atoms with van der Waals surface area (Å²) in [5.74, 6) is 1.53. The molecule has 1 atom stereocenters. The second-order valence-electron chi connectivity index (χ2n) is 5.03. The molecule has 86 valence electrons. The summed E-state index contributed by atoms with van der Waals surface area (Å²) >= 11 is 3.51. The van der Waals surface area contributed by atoms with Crippen LogP contribution in [-0.4, -0.2) is 21.2 Å². The molecule has 0 saturated heterocycles. The van der Waals surface area contributed by atoms with E-state index in [1.54, 1.807) is 0 Å².